The lowest BCUT2D eigenvalue weighted by atomic mass is 10.1. The lowest BCUT2D eigenvalue weighted by molar-refractivity contribution is 1.26. The van der Waals surface area contributed by atoms with Gasteiger partial charge in [-0.3, -0.25) is 0 Å². The van der Waals surface area contributed by atoms with E-state index >= 15 is 0 Å². The van der Waals surface area contributed by atoms with Crippen LogP contribution in [-0.2, 0) is 0 Å². The Morgan fingerprint density at radius 2 is 1.44 bits per heavy atom. The van der Waals surface area contributed by atoms with Crippen LogP contribution >= 0.6 is 0 Å². The Bertz CT molecular complexity index is 586. The molecule has 2 aromatic carbocycles. The molecule has 1 heterocycles. The summed E-state index contributed by atoms with van der Waals surface area (Å²) in [6.07, 6.45) is 0.749. The average molecular weight is 235 g/mol. The first kappa shape index (κ1) is 10.7. The van der Waals surface area contributed by atoms with Gasteiger partial charge in [-0.2, -0.15) is 5.10 Å². The summed E-state index contributed by atoms with van der Waals surface area (Å²) in [6.45, 7) is 0. The van der Waals surface area contributed by atoms with Crippen molar-refractivity contribution in [1.82, 2.24) is 0 Å². The number of nitrogens with one attached hydrogen (secondary N) is 1. The molecule has 88 valence electrons. The van der Waals surface area contributed by atoms with Crippen LogP contribution in [-0.4, -0.2) is 11.5 Å². The van der Waals surface area contributed by atoms with E-state index in [-0.39, 0.29) is 0 Å². The molecule has 0 aromatic heterocycles. The molecule has 3 nitrogen and oxygen atoms in total. The van der Waals surface area contributed by atoms with Gasteiger partial charge in [0, 0.05) is 5.69 Å². The number of nitrogens with zero attached hydrogens (tertiary/aromatic N) is 2. The smallest absolute Gasteiger partial charge is 0.135 e. The van der Waals surface area contributed by atoms with Crippen molar-refractivity contribution in [1.29, 1.82) is 0 Å². The Kier molecular flexibility index (Phi) is 2.88. The maximum atomic E-state index is 4.23. The average Bonchev–Trinajstić information content (AvgIpc) is 2.89. The van der Waals surface area contributed by atoms with Gasteiger partial charge in [0.05, 0.1) is 12.1 Å². The molecule has 2 aromatic rings. The van der Waals surface area contributed by atoms with Gasteiger partial charge in [0.1, 0.15) is 5.84 Å². The van der Waals surface area contributed by atoms with E-state index < -0.39 is 0 Å². The van der Waals surface area contributed by atoms with Crippen molar-refractivity contribution < 1.29 is 0 Å². The van der Waals surface area contributed by atoms with Gasteiger partial charge in [-0.15, -0.1) is 5.10 Å². The monoisotopic (exact) mass is 235 g/mol. The Balaban J connectivity index is 1.68. The van der Waals surface area contributed by atoms with E-state index in [2.05, 4.69) is 27.7 Å². The van der Waals surface area contributed by atoms with E-state index in [0.717, 1.165) is 29.2 Å². The zero-order valence-electron chi connectivity index (χ0n) is 9.88. The SMILES string of the molecule is c1ccc(NC2=NN=C(c3ccccc3)C2)cc1. The molecule has 1 aliphatic heterocycles. The van der Waals surface area contributed by atoms with Gasteiger partial charge in [-0.05, 0) is 17.7 Å². The van der Waals surface area contributed by atoms with Gasteiger partial charge in [0.15, 0.2) is 0 Å². The number of amidine groups is 1. The number of benzene rings is 2. The van der Waals surface area contributed by atoms with Crippen LogP contribution in [0.15, 0.2) is 70.9 Å². The van der Waals surface area contributed by atoms with Crippen LogP contribution in [0.4, 0.5) is 5.69 Å². The molecule has 3 rings (SSSR count). The van der Waals surface area contributed by atoms with Crippen LogP contribution in [0.2, 0.25) is 0 Å². The molecule has 1 aliphatic rings. The number of hydrogen-bond acceptors (Lipinski definition) is 3. The van der Waals surface area contributed by atoms with Crippen molar-refractivity contribution in [3.8, 4) is 0 Å². The number of hydrogen-bond donors (Lipinski definition) is 1. The maximum absolute atomic E-state index is 4.23. The normalized spacial score (nSPS) is 14.0. The molecule has 0 spiro atoms. The fraction of sp³-hybridized carbons (Fsp3) is 0.0667. The lowest BCUT2D eigenvalue weighted by Crippen LogP contribution is -2.13. The second-order valence-electron chi connectivity index (χ2n) is 4.13. The second kappa shape index (κ2) is 4.84. The highest BCUT2D eigenvalue weighted by Gasteiger charge is 2.13. The predicted octanol–water partition coefficient (Wildman–Crippen LogP) is 3.31. The Labute approximate surface area is 106 Å². The predicted molar refractivity (Wildman–Crippen MR) is 75.1 cm³/mol. The van der Waals surface area contributed by atoms with E-state index in [1.54, 1.807) is 0 Å². The molecule has 0 saturated heterocycles. The van der Waals surface area contributed by atoms with E-state index in [9.17, 15) is 0 Å². The van der Waals surface area contributed by atoms with Crippen molar-refractivity contribution in [3.05, 3.63) is 66.2 Å². The summed E-state index contributed by atoms with van der Waals surface area (Å²) in [4.78, 5) is 0. The van der Waals surface area contributed by atoms with Gasteiger partial charge < -0.3 is 5.32 Å². The molecule has 0 radical (unpaired) electrons. The van der Waals surface area contributed by atoms with Gasteiger partial charge >= 0.3 is 0 Å². The van der Waals surface area contributed by atoms with E-state index in [1.807, 2.05) is 48.5 Å². The molecule has 18 heavy (non-hydrogen) atoms. The molecular formula is C15H13N3. The van der Waals surface area contributed by atoms with Crippen LogP contribution in [0.1, 0.15) is 12.0 Å². The first-order valence-electron chi connectivity index (χ1n) is 5.93. The Morgan fingerprint density at radius 1 is 0.778 bits per heavy atom. The van der Waals surface area contributed by atoms with Crippen LogP contribution < -0.4 is 5.32 Å². The van der Waals surface area contributed by atoms with Gasteiger partial charge in [-0.1, -0.05) is 48.5 Å². The molecule has 0 saturated carbocycles. The summed E-state index contributed by atoms with van der Waals surface area (Å²) >= 11 is 0. The van der Waals surface area contributed by atoms with Crippen molar-refractivity contribution in [2.75, 3.05) is 5.32 Å². The van der Waals surface area contributed by atoms with Crippen LogP contribution in [0.25, 0.3) is 0 Å². The van der Waals surface area contributed by atoms with Crippen molar-refractivity contribution in [2.45, 2.75) is 6.42 Å². The Hall–Kier alpha value is -2.42. The summed E-state index contributed by atoms with van der Waals surface area (Å²) in [5, 5.41) is 11.7. The number of rotatable bonds is 2. The first-order valence-corrected chi connectivity index (χ1v) is 5.93. The number of anilines is 1. The summed E-state index contributed by atoms with van der Waals surface area (Å²) < 4.78 is 0. The van der Waals surface area contributed by atoms with Crippen LogP contribution in [0, 0.1) is 0 Å². The quantitative estimate of drug-likeness (QED) is 0.851. The van der Waals surface area contributed by atoms with Crippen molar-refractivity contribution in [3.63, 3.8) is 0 Å². The van der Waals surface area contributed by atoms with E-state index in [1.165, 1.54) is 0 Å². The molecule has 0 atom stereocenters. The fourth-order valence-corrected chi connectivity index (χ4v) is 1.90. The summed E-state index contributed by atoms with van der Waals surface area (Å²) in [7, 11) is 0. The third-order valence-electron chi connectivity index (χ3n) is 2.80. The molecule has 0 amide bonds. The zero-order chi connectivity index (χ0) is 12.2. The molecule has 0 bridgehead atoms. The van der Waals surface area contributed by atoms with E-state index in [4.69, 9.17) is 0 Å². The number of para-hydroxylation sites is 1. The van der Waals surface area contributed by atoms with Gasteiger partial charge in [0.2, 0.25) is 0 Å². The molecule has 0 aliphatic carbocycles. The highest BCUT2D eigenvalue weighted by Crippen LogP contribution is 2.14. The van der Waals surface area contributed by atoms with Crippen molar-refractivity contribution >= 4 is 17.2 Å². The minimum atomic E-state index is 0.749. The van der Waals surface area contributed by atoms with Crippen molar-refractivity contribution in [2.24, 2.45) is 10.2 Å². The molecule has 1 N–H and O–H groups in total. The summed E-state index contributed by atoms with van der Waals surface area (Å²) in [5.41, 5.74) is 3.18. The van der Waals surface area contributed by atoms with Gasteiger partial charge in [0.25, 0.3) is 0 Å². The Morgan fingerprint density at radius 3 is 2.17 bits per heavy atom. The fourth-order valence-electron chi connectivity index (χ4n) is 1.90. The summed E-state index contributed by atoms with van der Waals surface area (Å²) in [5.74, 6) is 0.889. The standard InChI is InChI=1S/C15H13N3/c1-3-7-12(8-4-1)14-11-15(18-17-14)16-13-9-5-2-6-10-13/h1-10H,11H2,(H,16,18). The largest absolute Gasteiger partial charge is 0.342 e. The first-order chi connectivity index (χ1) is 8.92. The van der Waals surface area contributed by atoms with Crippen LogP contribution in [0.3, 0.4) is 0 Å². The highest BCUT2D eigenvalue weighted by molar-refractivity contribution is 6.17. The molecule has 0 unspecified atom stereocenters. The maximum Gasteiger partial charge on any atom is 0.135 e. The topological polar surface area (TPSA) is 36.8 Å². The lowest BCUT2D eigenvalue weighted by Gasteiger charge is -2.05. The second-order valence-corrected chi connectivity index (χ2v) is 4.13. The van der Waals surface area contributed by atoms with Gasteiger partial charge in [-0.25, -0.2) is 0 Å². The third kappa shape index (κ3) is 2.30. The minimum Gasteiger partial charge on any atom is -0.342 e. The van der Waals surface area contributed by atoms with Crippen LogP contribution in [0.5, 0.6) is 0 Å². The highest BCUT2D eigenvalue weighted by atomic mass is 15.3. The third-order valence-corrected chi connectivity index (χ3v) is 2.80. The summed E-state index contributed by atoms with van der Waals surface area (Å²) in [6, 6.07) is 20.2. The molecule has 0 fully saturated rings. The zero-order valence-corrected chi connectivity index (χ0v) is 9.88. The molecular weight excluding hydrogens is 222 g/mol. The van der Waals surface area contributed by atoms with E-state index in [0.29, 0.717) is 0 Å². The molecule has 3 heteroatoms. The minimum absolute atomic E-state index is 0.749.